The molecule has 0 heterocycles. The Kier molecular flexibility index (Phi) is 4.53. The van der Waals surface area contributed by atoms with Gasteiger partial charge in [-0.15, -0.1) is 0 Å². The third kappa shape index (κ3) is 4.06. The summed E-state index contributed by atoms with van der Waals surface area (Å²) in [7, 11) is 0. The minimum atomic E-state index is 0.146. The molecule has 2 aromatic carbocycles. The van der Waals surface area contributed by atoms with E-state index in [4.69, 9.17) is 10.6 Å². The van der Waals surface area contributed by atoms with Crippen molar-refractivity contribution < 1.29 is 4.74 Å². The van der Waals surface area contributed by atoms with Gasteiger partial charge in [-0.05, 0) is 48.9 Å². The van der Waals surface area contributed by atoms with Crippen molar-refractivity contribution in [3.05, 3.63) is 65.7 Å². The molecule has 3 N–H and O–H groups in total. The molecular weight excluding hydrogens is 260 g/mol. The minimum Gasteiger partial charge on any atom is -0.490 e. The first-order valence-electron chi connectivity index (χ1n) is 7.62. The Bertz CT molecular complexity index is 566. The van der Waals surface area contributed by atoms with Gasteiger partial charge in [-0.3, -0.25) is 11.3 Å². The standard InChI is InChI=1S/C18H22N2O/c19-20-18(12-9-14-5-2-1-3-6-14)15-7-4-8-17(13-15)21-16-10-11-16/h1-8,13,16,18,20H,9-12,19H2. The number of nitrogens with two attached hydrogens (primary N) is 1. The monoisotopic (exact) mass is 282 g/mol. The first-order chi connectivity index (χ1) is 10.3. The zero-order chi connectivity index (χ0) is 14.5. The maximum Gasteiger partial charge on any atom is 0.120 e. The molecule has 3 rings (SSSR count). The zero-order valence-corrected chi connectivity index (χ0v) is 12.2. The summed E-state index contributed by atoms with van der Waals surface area (Å²) in [4.78, 5) is 0. The van der Waals surface area contributed by atoms with Crippen molar-refractivity contribution in [2.45, 2.75) is 37.8 Å². The summed E-state index contributed by atoms with van der Waals surface area (Å²) in [6.45, 7) is 0. The lowest BCUT2D eigenvalue weighted by molar-refractivity contribution is 0.302. The lowest BCUT2D eigenvalue weighted by Crippen LogP contribution is -2.28. The van der Waals surface area contributed by atoms with Crippen molar-refractivity contribution in [1.82, 2.24) is 5.43 Å². The molecule has 0 bridgehead atoms. The predicted octanol–water partition coefficient (Wildman–Crippen LogP) is 3.37. The molecule has 0 radical (unpaired) electrons. The van der Waals surface area contributed by atoms with Gasteiger partial charge in [0.15, 0.2) is 0 Å². The van der Waals surface area contributed by atoms with Crippen LogP contribution < -0.4 is 16.0 Å². The summed E-state index contributed by atoms with van der Waals surface area (Å²) in [5, 5.41) is 0. The fourth-order valence-electron chi connectivity index (χ4n) is 2.48. The maximum atomic E-state index is 5.85. The van der Waals surface area contributed by atoms with Crippen LogP contribution in [-0.4, -0.2) is 6.10 Å². The maximum absolute atomic E-state index is 5.85. The van der Waals surface area contributed by atoms with Crippen LogP contribution in [0.4, 0.5) is 0 Å². The van der Waals surface area contributed by atoms with Crippen molar-refractivity contribution in [3.63, 3.8) is 0 Å². The Balaban J connectivity index is 1.64. The molecule has 0 spiro atoms. The van der Waals surface area contributed by atoms with Gasteiger partial charge in [0.2, 0.25) is 0 Å². The number of benzene rings is 2. The van der Waals surface area contributed by atoms with E-state index < -0.39 is 0 Å². The van der Waals surface area contributed by atoms with E-state index in [2.05, 4.69) is 41.8 Å². The molecule has 1 unspecified atom stereocenters. The van der Waals surface area contributed by atoms with Crippen LogP contribution >= 0.6 is 0 Å². The van der Waals surface area contributed by atoms with Crippen LogP contribution in [0.15, 0.2) is 54.6 Å². The molecule has 1 aliphatic rings. The van der Waals surface area contributed by atoms with Gasteiger partial charge in [0, 0.05) is 6.04 Å². The molecule has 0 saturated heterocycles. The van der Waals surface area contributed by atoms with Crippen LogP contribution in [0.5, 0.6) is 5.75 Å². The molecule has 0 aliphatic heterocycles. The fraction of sp³-hybridized carbons (Fsp3) is 0.333. The topological polar surface area (TPSA) is 47.3 Å². The zero-order valence-electron chi connectivity index (χ0n) is 12.2. The van der Waals surface area contributed by atoms with E-state index in [1.807, 2.05) is 18.2 Å². The molecule has 1 aliphatic carbocycles. The van der Waals surface area contributed by atoms with Gasteiger partial charge in [-0.2, -0.15) is 0 Å². The van der Waals surface area contributed by atoms with Crippen LogP contribution in [0.25, 0.3) is 0 Å². The summed E-state index contributed by atoms with van der Waals surface area (Å²) in [5.41, 5.74) is 5.45. The molecule has 21 heavy (non-hydrogen) atoms. The van der Waals surface area contributed by atoms with E-state index in [1.165, 1.54) is 24.0 Å². The Morgan fingerprint density at radius 1 is 1.10 bits per heavy atom. The highest BCUT2D eigenvalue weighted by Crippen LogP contribution is 2.29. The summed E-state index contributed by atoms with van der Waals surface area (Å²) in [5.74, 6) is 6.70. The average Bonchev–Trinajstić information content (AvgIpc) is 3.33. The molecule has 1 fully saturated rings. The van der Waals surface area contributed by atoms with Gasteiger partial charge < -0.3 is 4.74 Å². The third-order valence-electron chi connectivity index (χ3n) is 3.85. The van der Waals surface area contributed by atoms with Crippen molar-refractivity contribution in [2.75, 3.05) is 0 Å². The highest BCUT2D eigenvalue weighted by molar-refractivity contribution is 5.31. The lowest BCUT2D eigenvalue weighted by Gasteiger charge is -2.17. The minimum absolute atomic E-state index is 0.146. The van der Waals surface area contributed by atoms with Crippen molar-refractivity contribution in [2.24, 2.45) is 5.84 Å². The van der Waals surface area contributed by atoms with E-state index in [0.717, 1.165) is 18.6 Å². The number of nitrogens with one attached hydrogen (secondary N) is 1. The molecule has 110 valence electrons. The average molecular weight is 282 g/mol. The van der Waals surface area contributed by atoms with Gasteiger partial charge in [0.25, 0.3) is 0 Å². The number of hydrazine groups is 1. The molecule has 1 saturated carbocycles. The van der Waals surface area contributed by atoms with E-state index >= 15 is 0 Å². The Morgan fingerprint density at radius 3 is 2.62 bits per heavy atom. The number of ether oxygens (including phenoxy) is 1. The molecule has 1 atom stereocenters. The van der Waals surface area contributed by atoms with Gasteiger partial charge in [-0.1, -0.05) is 42.5 Å². The van der Waals surface area contributed by atoms with Crippen molar-refractivity contribution in [1.29, 1.82) is 0 Å². The lowest BCUT2D eigenvalue weighted by atomic mass is 9.99. The van der Waals surface area contributed by atoms with Gasteiger partial charge in [-0.25, -0.2) is 0 Å². The second-order valence-corrected chi connectivity index (χ2v) is 5.63. The third-order valence-corrected chi connectivity index (χ3v) is 3.85. The molecule has 3 heteroatoms. The summed E-state index contributed by atoms with van der Waals surface area (Å²) >= 11 is 0. The van der Waals surface area contributed by atoms with Gasteiger partial charge >= 0.3 is 0 Å². The smallest absolute Gasteiger partial charge is 0.120 e. The van der Waals surface area contributed by atoms with Crippen LogP contribution in [0.2, 0.25) is 0 Å². The van der Waals surface area contributed by atoms with E-state index in [0.29, 0.717) is 6.10 Å². The first-order valence-corrected chi connectivity index (χ1v) is 7.62. The van der Waals surface area contributed by atoms with Crippen LogP contribution in [0.3, 0.4) is 0 Å². The quantitative estimate of drug-likeness (QED) is 0.604. The number of hydrogen-bond acceptors (Lipinski definition) is 3. The van der Waals surface area contributed by atoms with Crippen molar-refractivity contribution >= 4 is 0 Å². The Morgan fingerprint density at radius 2 is 1.90 bits per heavy atom. The summed E-state index contributed by atoms with van der Waals surface area (Å²) < 4.78 is 5.85. The van der Waals surface area contributed by atoms with E-state index in [1.54, 1.807) is 0 Å². The van der Waals surface area contributed by atoms with Gasteiger partial charge in [0.05, 0.1) is 6.10 Å². The number of hydrogen-bond donors (Lipinski definition) is 2. The predicted molar refractivity (Wildman–Crippen MR) is 84.9 cm³/mol. The van der Waals surface area contributed by atoms with Crippen LogP contribution in [0.1, 0.15) is 36.4 Å². The Labute approximate surface area is 126 Å². The normalized spacial score (nSPS) is 15.7. The van der Waals surface area contributed by atoms with E-state index in [9.17, 15) is 0 Å². The molecule has 0 aromatic heterocycles. The largest absolute Gasteiger partial charge is 0.490 e. The summed E-state index contributed by atoms with van der Waals surface area (Å²) in [6.07, 6.45) is 4.75. The highest BCUT2D eigenvalue weighted by Gasteiger charge is 2.23. The second kappa shape index (κ2) is 6.74. The number of rotatable bonds is 7. The van der Waals surface area contributed by atoms with Gasteiger partial charge in [0.1, 0.15) is 5.75 Å². The molecule has 2 aromatic rings. The first kappa shape index (κ1) is 14.1. The molecular formula is C18H22N2O. The van der Waals surface area contributed by atoms with Crippen LogP contribution in [-0.2, 0) is 6.42 Å². The SMILES string of the molecule is NNC(CCc1ccccc1)c1cccc(OC2CC2)c1. The Hall–Kier alpha value is -1.84. The summed E-state index contributed by atoms with van der Waals surface area (Å²) in [6, 6.07) is 18.9. The highest BCUT2D eigenvalue weighted by atomic mass is 16.5. The van der Waals surface area contributed by atoms with Crippen LogP contribution in [0, 0.1) is 0 Å². The molecule has 0 amide bonds. The van der Waals surface area contributed by atoms with Crippen molar-refractivity contribution in [3.8, 4) is 5.75 Å². The van der Waals surface area contributed by atoms with E-state index in [-0.39, 0.29) is 6.04 Å². The fourth-order valence-corrected chi connectivity index (χ4v) is 2.48. The second-order valence-electron chi connectivity index (χ2n) is 5.63. The molecule has 3 nitrogen and oxygen atoms in total. The number of aryl methyl sites for hydroxylation is 1.